The monoisotopic (exact) mass is 407 g/mol. The van der Waals surface area contributed by atoms with Crippen LogP contribution in [0.25, 0.3) is 0 Å². The second-order valence-corrected chi connectivity index (χ2v) is 9.22. The molecule has 1 unspecified atom stereocenters. The average Bonchev–Trinajstić information content (AvgIpc) is 2.64. The van der Waals surface area contributed by atoms with Crippen LogP contribution in [0, 0.1) is 0 Å². The molecule has 0 bridgehead atoms. The zero-order valence-corrected chi connectivity index (χ0v) is 18.8. The Balaban J connectivity index is 2.29. The number of nitrogens with zero attached hydrogens (tertiary/aromatic N) is 2. The molecular weight excluding hydrogens is 370 g/mol. The number of primary amides is 1. The third-order valence-corrected chi connectivity index (χ3v) is 6.51. The van der Waals surface area contributed by atoms with Gasteiger partial charge in [-0.1, -0.05) is 30.2 Å². The SMILES string of the molecule is CC(C)N(CCC(CCN1CCCCC1)(C(N)=O)c1cccc(Cl)c1)C(C)C. The smallest absolute Gasteiger partial charge is 0.228 e. The van der Waals surface area contributed by atoms with Crippen LogP contribution in [0.3, 0.4) is 0 Å². The second kappa shape index (κ2) is 10.6. The maximum Gasteiger partial charge on any atom is 0.228 e. The Morgan fingerprint density at radius 1 is 1.14 bits per heavy atom. The average molecular weight is 408 g/mol. The predicted octanol–water partition coefficient (Wildman–Crippen LogP) is 4.45. The molecule has 28 heavy (non-hydrogen) atoms. The van der Waals surface area contributed by atoms with Crippen LogP contribution < -0.4 is 5.73 Å². The quantitative estimate of drug-likeness (QED) is 0.623. The Labute approximate surface area is 176 Å². The predicted molar refractivity (Wildman–Crippen MR) is 119 cm³/mol. The Hall–Kier alpha value is -1.10. The minimum absolute atomic E-state index is 0.237. The van der Waals surface area contributed by atoms with Gasteiger partial charge in [-0.05, 0) is 90.7 Å². The molecule has 158 valence electrons. The third-order valence-electron chi connectivity index (χ3n) is 6.28. The molecule has 0 aromatic heterocycles. The summed E-state index contributed by atoms with van der Waals surface area (Å²) in [5.41, 5.74) is 6.35. The highest BCUT2D eigenvalue weighted by atomic mass is 35.5. The number of piperidine rings is 1. The van der Waals surface area contributed by atoms with Gasteiger partial charge in [0.25, 0.3) is 0 Å². The van der Waals surface area contributed by atoms with Gasteiger partial charge in [-0.15, -0.1) is 0 Å². The summed E-state index contributed by atoms with van der Waals surface area (Å²) in [6, 6.07) is 8.58. The summed E-state index contributed by atoms with van der Waals surface area (Å²) in [5.74, 6) is -0.237. The first-order valence-electron chi connectivity index (χ1n) is 10.8. The van der Waals surface area contributed by atoms with Gasteiger partial charge in [0.15, 0.2) is 0 Å². The fourth-order valence-electron chi connectivity index (χ4n) is 4.55. The molecule has 2 N–H and O–H groups in total. The van der Waals surface area contributed by atoms with E-state index in [2.05, 4.69) is 37.5 Å². The summed E-state index contributed by atoms with van der Waals surface area (Å²) in [6.07, 6.45) is 5.26. The molecule has 4 nitrogen and oxygen atoms in total. The van der Waals surface area contributed by atoms with E-state index in [1.165, 1.54) is 19.3 Å². The van der Waals surface area contributed by atoms with Gasteiger partial charge in [0, 0.05) is 23.7 Å². The Kier molecular flexibility index (Phi) is 8.79. The summed E-state index contributed by atoms with van der Waals surface area (Å²) >= 11 is 6.30. The van der Waals surface area contributed by atoms with Gasteiger partial charge in [0.2, 0.25) is 5.91 Å². The Bertz CT molecular complexity index is 620. The lowest BCUT2D eigenvalue weighted by Crippen LogP contribution is -2.48. The van der Waals surface area contributed by atoms with E-state index in [4.69, 9.17) is 17.3 Å². The lowest BCUT2D eigenvalue weighted by molar-refractivity contribution is -0.124. The van der Waals surface area contributed by atoms with Crippen LogP contribution in [-0.2, 0) is 10.2 Å². The largest absolute Gasteiger partial charge is 0.369 e. The highest BCUT2D eigenvalue weighted by Crippen LogP contribution is 2.34. The summed E-state index contributed by atoms with van der Waals surface area (Å²) in [5, 5.41) is 0.658. The number of carbonyl (C=O) groups is 1. The molecule has 1 aromatic rings. The number of benzene rings is 1. The van der Waals surface area contributed by atoms with Gasteiger partial charge in [0.1, 0.15) is 0 Å². The molecule has 5 heteroatoms. The number of rotatable bonds is 10. The molecule has 0 spiro atoms. The molecule has 1 amide bonds. The van der Waals surface area contributed by atoms with Gasteiger partial charge in [0.05, 0.1) is 5.41 Å². The minimum Gasteiger partial charge on any atom is -0.369 e. The third kappa shape index (κ3) is 5.95. The summed E-state index contributed by atoms with van der Waals surface area (Å²) < 4.78 is 0. The van der Waals surface area contributed by atoms with Crippen LogP contribution in [0.4, 0.5) is 0 Å². The number of nitrogens with two attached hydrogens (primary N) is 1. The molecule has 1 aliphatic rings. The maximum absolute atomic E-state index is 12.9. The van der Waals surface area contributed by atoms with Crippen molar-refractivity contribution in [1.29, 1.82) is 0 Å². The number of halogens is 1. The number of hydrogen-bond acceptors (Lipinski definition) is 3. The number of carbonyl (C=O) groups excluding carboxylic acids is 1. The van der Waals surface area contributed by atoms with Crippen molar-refractivity contribution in [2.45, 2.75) is 77.3 Å². The van der Waals surface area contributed by atoms with Crippen LogP contribution in [0.5, 0.6) is 0 Å². The molecule has 1 fully saturated rings. The van der Waals surface area contributed by atoms with Crippen LogP contribution in [-0.4, -0.2) is 54.0 Å². The summed E-state index contributed by atoms with van der Waals surface area (Å²) in [4.78, 5) is 17.8. The maximum atomic E-state index is 12.9. The van der Waals surface area contributed by atoms with E-state index in [0.717, 1.165) is 38.2 Å². The standard InChI is InChI=1S/C23H38ClN3O/c1-18(2)27(19(3)4)16-12-23(22(25)28,20-9-8-10-21(24)17-20)11-15-26-13-6-5-7-14-26/h8-10,17-19H,5-7,11-16H2,1-4H3,(H2,25,28). The van der Waals surface area contributed by atoms with Crippen LogP contribution >= 0.6 is 11.6 Å². The molecule has 1 aromatic carbocycles. The van der Waals surface area contributed by atoms with Crippen molar-refractivity contribution in [2.24, 2.45) is 5.73 Å². The van der Waals surface area contributed by atoms with E-state index >= 15 is 0 Å². The van der Waals surface area contributed by atoms with E-state index in [-0.39, 0.29) is 5.91 Å². The van der Waals surface area contributed by atoms with E-state index in [0.29, 0.717) is 23.5 Å². The number of likely N-dealkylation sites (tertiary alicyclic amines) is 1. The van der Waals surface area contributed by atoms with Crippen molar-refractivity contribution in [3.05, 3.63) is 34.9 Å². The van der Waals surface area contributed by atoms with Crippen molar-refractivity contribution in [1.82, 2.24) is 9.80 Å². The Morgan fingerprint density at radius 2 is 1.79 bits per heavy atom. The molecular formula is C23H38ClN3O. The van der Waals surface area contributed by atoms with Crippen LogP contribution in [0.15, 0.2) is 24.3 Å². The van der Waals surface area contributed by atoms with E-state index < -0.39 is 5.41 Å². The Morgan fingerprint density at radius 3 is 2.32 bits per heavy atom. The van der Waals surface area contributed by atoms with E-state index in [1.54, 1.807) is 0 Å². The summed E-state index contributed by atoms with van der Waals surface area (Å²) in [6.45, 7) is 12.8. The highest BCUT2D eigenvalue weighted by molar-refractivity contribution is 6.30. The van der Waals surface area contributed by atoms with Crippen molar-refractivity contribution in [2.75, 3.05) is 26.2 Å². The van der Waals surface area contributed by atoms with Crippen molar-refractivity contribution in [3.8, 4) is 0 Å². The molecule has 1 saturated heterocycles. The van der Waals surface area contributed by atoms with Gasteiger partial charge in [-0.25, -0.2) is 0 Å². The lowest BCUT2D eigenvalue weighted by Gasteiger charge is -2.38. The second-order valence-electron chi connectivity index (χ2n) is 8.78. The lowest BCUT2D eigenvalue weighted by atomic mass is 9.73. The fraction of sp³-hybridized carbons (Fsp3) is 0.696. The van der Waals surface area contributed by atoms with Crippen molar-refractivity contribution < 1.29 is 4.79 Å². The van der Waals surface area contributed by atoms with Crippen molar-refractivity contribution in [3.63, 3.8) is 0 Å². The minimum atomic E-state index is -0.690. The first-order chi connectivity index (χ1) is 13.3. The number of amides is 1. The number of hydrogen-bond donors (Lipinski definition) is 1. The van der Waals surface area contributed by atoms with E-state index in [9.17, 15) is 4.79 Å². The molecule has 0 aliphatic carbocycles. The highest BCUT2D eigenvalue weighted by Gasteiger charge is 2.39. The normalized spacial score (nSPS) is 18.0. The molecule has 1 atom stereocenters. The topological polar surface area (TPSA) is 49.6 Å². The molecule has 0 radical (unpaired) electrons. The van der Waals surface area contributed by atoms with Crippen LogP contribution in [0.1, 0.15) is 65.4 Å². The zero-order valence-electron chi connectivity index (χ0n) is 18.1. The zero-order chi connectivity index (χ0) is 20.7. The van der Waals surface area contributed by atoms with Gasteiger partial charge in [-0.3, -0.25) is 9.69 Å². The molecule has 1 heterocycles. The molecule has 2 rings (SSSR count). The van der Waals surface area contributed by atoms with E-state index in [1.807, 2.05) is 24.3 Å². The van der Waals surface area contributed by atoms with Gasteiger partial charge >= 0.3 is 0 Å². The summed E-state index contributed by atoms with van der Waals surface area (Å²) in [7, 11) is 0. The van der Waals surface area contributed by atoms with Gasteiger partial charge in [-0.2, -0.15) is 0 Å². The molecule has 0 saturated carbocycles. The van der Waals surface area contributed by atoms with Crippen LogP contribution in [0.2, 0.25) is 5.02 Å². The first kappa shape index (κ1) is 23.2. The molecule has 1 aliphatic heterocycles. The first-order valence-corrected chi connectivity index (χ1v) is 11.2. The fourth-order valence-corrected chi connectivity index (χ4v) is 4.74. The van der Waals surface area contributed by atoms with Gasteiger partial charge < -0.3 is 10.6 Å². The van der Waals surface area contributed by atoms with Crippen molar-refractivity contribution >= 4 is 17.5 Å².